The Morgan fingerprint density at radius 1 is 1.06 bits per heavy atom. The molecule has 0 saturated carbocycles. The minimum absolute atomic E-state index is 0.217. The van der Waals surface area contributed by atoms with E-state index in [1.165, 1.54) is 11.3 Å². The van der Waals surface area contributed by atoms with Gasteiger partial charge >= 0.3 is 5.97 Å². The molecular formula is C25H25N3O3S. The van der Waals surface area contributed by atoms with Crippen LogP contribution in [0.25, 0.3) is 21.6 Å². The van der Waals surface area contributed by atoms with E-state index >= 15 is 0 Å². The van der Waals surface area contributed by atoms with Gasteiger partial charge in [0, 0.05) is 5.69 Å². The van der Waals surface area contributed by atoms with Crippen molar-refractivity contribution in [2.75, 3.05) is 5.32 Å². The van der Waals surface area contributed by atoms with Gasteiger partial charge in [-0.1, -0.05) is 29.8 Å². The fraction of sp³-hybridized carbons (Fsp3) is 0.240. The molecule has 0 radical (unpaired) electrons. The summed E-state index contributed by atoms with van der Waals surface area (Å²) in [5, 5.41) is 4.52. The number of aromatic nitrogens is 2. The predicted octanol–water partition coefficient (Wildman–Crippen LogP) is 5.97. The van der Waals surface area contributed by atoms with Crippen LogP contribution in [0.2, 0.25) is 0 Å². The summed E-state index contributed by atoms with van der Waals surface area (Å²) in [4.78, 5) is 34.0. The van der Waals surface area contributed by atoms with Crippen molar-refractivity contribution in [1.82, 2.24) is 9.97 Å². The number of hydrogen-bond donors (Lipinski definition) is 2. The molecule has 7 heteroatoms. The van der Waals surface area contributed by atoms with Gasteiger partial charge in [0.2, 0.25) is 0 Å². The highest BCUT2D eigenvalue weighted by Crippen LogP contribution is 2.41. The molecular weight excluding hydrogens is 422 g/mol. The number of esters is 1. The monoisotopic (exact) mass is 447 g/mol. The number of nitrogens with zero attached hydrogens (tertiary/aromatic N) is 1. The molecule has 164 valence electrons. The topological polar surface area (TPSA) is 84.1 Å². The van der Waals surface area contributed by atoms with Crippen LogP contribution in [0.15, 0.2) is 53.3 Å². The third-order valence-electron chi connectivity index (χ3n) is 4.89. The van der Waals surface area contributed by atoms with Gasteiger partial charge in [-0.15, -0.1) is 11.3 Å². The number of carbonyl (C=O) groups is 1. The number of aryl methyl sites for hydroxylation is 1. The molecule has 2 aromatic heterocycles. The maximum atomic E-state index is 13.1. The second-order valence-electron chi connectivity index (χ2n) is 8.68. The van der Waals surface area contributed by atoms with Crippen LogP contribution < -0.4 is 10.9 Å². The average Bonchev–Trinajstić information content (AvgIpc) is 3.04. The van der Waals surface area contributed by atoms with E-state index in [9.17, 15) is 9.59 Å². The zero-order valence-corrected chi connectivity index (χ0v) is 19.5. The number of H-pyrrole nitrogens is 1. The molecule has 6 nitrogen and oxygen atoms in total. The fourth-order valence-electron chi connectivity index (χ4n) is 3.36. The van der Waals surface area contributed by atoms with E-state index in [4.69, 9.17) is 4.74 Å². The fourth-order valence-corrected chi connectivity index (χ4v) is 4.52. The number of nitrogens with one attached hydrogen (secondary N) is 2. The molecule has 0 fully saturated rings. The summed E-state index contributed by atoms with van der Waals surface area (Å²) in [6, 6.07) is 15.1. The molecule has 0 aliphatic heterocycles. The molecule has 2 aromatic carbocycles. The third kappa shape index (κ3) is 4.43. The van der Waals surface area contributed by atoms with Crippen LogP contribution in [-0.2, 0) is 4.74 Å². The molecule has 0 aliphatic rings. The van der Waals surface area contributed by atoms with Crippen LogP contribution >= 0.6 is 11.3 Å². The quantitative estimate of drug-likeness (QED) is 0.377. The van der Waals surface area contributed by atoms with Gasteiger partial charge in [-0.25, -0.2) is 9.78 Å². The van der Waals surface area contributed by atoms with Crippen molar-refractivity contribution in [2.24, 2.45) is 0 Å². The normalized spacial score (nSPS) is 11.5. The van der Waals surface area contributed by atoms with Crippen LogP contribution in [0.3, 0.4) is 0 Å². The average molecular weight is 448 g/mol. The molecule has 0 unspecified atom stereocenters. The lowest BCUT2D eigenvalue weighted by molar-refractivity contribution is 0.00705. The Morgan fingerprint density at radius 3 is 2.44 bits per heavy atom. The highest BCUT2D eigenvalue weighted by molar-refractivity contribution is 7.20. The van der Waals surface area contributed by atoms with Crippen LogP contribution in [0, 0.1) is 13.8 Å². The SMILES string of the molecule is Cc1ccc(Nc2sc(-c3nc4ccccc4c(=O)[nH]3)c(C)c2C(=O)OC(C)(C)C)cc1. The molecule has 2 heterocycles. The lowest BCUT2D eigenvalue weighted by Crippen LogP contribution is -2.24. The van der Waals surface area contributed by atoms with E-state index in [0.29, 0.717) is 37.7 Å². The van der Waals surface area contributed by atoms with E-state index in [2.05, 4.69) is 15.3 Å². The van der Waals surface area contributed by atoms with Gasteiger partial charge in [0.1, 0.15) is 10.6 Å². The number of thiophene rings is 1. The Bertz CT molecular complexity index is 1360. The minimum atomic E-state index is -0.637. The first-order valence-corrected chi connectivity index (χ1v) is 11.1. The van der Waals surface area contributed by atoms with Crippen LogP contribution in [0.5, 0.6) is 0 Å². The van der Waals surface area contributed by atoms with Crippen molar-refractivity contribution in [3.05, 3.63) is 75.6 Å². The molecule has 0 spiro atoms. The standard InChI is InChI=1S/C25H25N3O3S/c1-14-10-12-16(13-11-14)26-23-19(24(30)31-25(3,4)5)15(2)20(32-23)21-27-18-9-7-6-8-17(18)22(29)28-21/h6-13,26H,1-5H3,(H,27,28,29). The molecule has 4 rings (SSSR count). The van der Waals surface area contributed by atoms with Crippen LogP contribution in [-0.4, -0.2) is 21.5 Å². The van der Waals surface area contributed by atoms with Gasteiger partial charge < -0.3 is 15.0 Å². The largest absolute Gasteiger partial charge is 0.456 e. The number of hydrogen-bond acceptors (Lipinski definition) is 6. The zero-order chi connectivity index (χ0) is 23.0. The first-order valence-electron chi connectivity index (χ1n) is 10.3. The van der Waals surface area contributed by atoms with E-state index in [0.717, 1.165) is 11.3 Å². The zero-order valence-electron chi connectivity index (χ0n) is 18.7. The molecule has 0 aliphatic carbocycles. The highest BCUT2D eigenvalue weighted by atomic mass is 32.1. The number of aromatic amines is 1. The number of ether oxygens (including phenoxy) is 1. The first-order chi connectivity index (χ1) is 15.1. The number of rotatable bonds is 4. The Morgan fingerprint density at radius 2 is 1.75 bits per heavy atom. The summed E-state index contributed by atoms with van der Waals surface area (Å²) in [6.45, 7) is 9.38. The van der Waals surface area contributed by atoms with Crippen LogP contribution in [0.1, 0.15) is 42.3 Å². The van der Waals surface area contributed by atoms with Gasteiger partial charge in [0.25, 0.3) is 5.56 Å². The van der Waals surface area contributed by atoms with Gasteiger partial charge in [0.05, 0.1) is 21.3 Å². The first kappa shape index (κ1) is 21.8. The van der Waals surface area contributed by atoms with Crippen LogP contribution in [0.4, 0.5) is 10.7 Å². The predicted molar refractivity (Wildman–Crippen MR) is 130 cm³/mol. The lowest BCUT2D eigenvalue weighted by Gasteiger charge is -2.20. The van der Waals surface area contributed by atoms with Crippen molar-refractivity contribution < 1.29 is 9.53 Å². The Labute approximate surface area is 190 Å². The maximum absolute atomic E-state index is 13.1. The summed E-state index contributed by atoms with van der Waals surface area (Å²) in [5.74, 6) is 0.00760. The summed E-state index contributed by atoms with van der Waals surface area (Å²) < 4.78 is 5.68. The lowest BCUT2D eigenvalue weighted by atomic mass is 10.1. The number of anilines is 2. The van der Waals surface area contributed by atoms with Gasteiger partial charge in [-0.2, -0.15) is 0 Å². The van der Waals surface area contributed by atoms with E-state index < -0.39 is 11.6 Å². The molecule has 0 bridgehead atoms. The molecule has 0 atom stereocenters. The second-order valence-corrected chi connectivity index (χ2v) is 9.71. The van der Waals surface area contributed by atoms with E-state index in [-0.39, 0.29) is 5.56 Å². The molecule has 2 N–H and O–H groups in total. The number of para-hydroxylation sites is 1. The minimum Gasteiger partial charge on any atom is -0.456 e. The summed E-state index contributed by atoms with van der Waals surface area (Å²) >= 11 is 1.37. The smallest absolute Gasteiger partial charge is 0.341 e. The van der Waals surface area contributed by atoms with E-state index in [1.807, 2.05) is 65.0 Å². The number of fused-ring (bicyclic) bond motifs is 1. The Kier molecular flexibility index (Phi) is 5.60. The summed E-state index contributed by atoms with van der Waals surface area (Å²) in [7, 11) is 0. The molecule has 0 amide bonds. The summed E-state index contributed by atoms with van der Waals surface area (Å²) in [6.07, 6.45) is 0. The Hall–Kier alpha value is -3.45. The summed E-state index contributed by atoms with van der Waals surface area (Å²) in [5.41, 5.74) is 2.89. The molecule has 0 saturated heterocycles. The van der Waals surface area contributed by atoms with Gasteiger partial charge in [0.15, 0.2) is 5.82 Å². The third-order valence-corrected chi connectivity index (χ3v) is 6.10. The highest BCUT2D eigenvalue weighted by Gasteiger charge is 2.27. The maximum Gasteiger partial charge on any atom is 0.341 e. The number of benzene rings is 2. The molecule has 4 aromatic rings. The van der Waals surface area contributed by atoms with Crippen molar-refractivity contribution in [3.8, 4) is 10.7 Å². The van der Waals surface area contributed by atoms with Crippen molar-refractivity contribution in [3.63, 3.8) is 0 Å². The number of carbonyl (C=O) groups excluding carboxylic acids is 1. The van der Waals surface area contributed by atoms with E-state index in [1.54, 1.807) is 18.2 Å². The van der Waals surface area contributed by atoms with Crippen molar-refractivity contribution >= 4 is 38.9 Å². The van der Waals surface area contributed by atoms with Crippen molar-refractivity contribution in [2.45, 2.75) is 40.2 Å². The van der Waals surface area contributed by atoms with Gasteiger partial charge in [-0.05, 0) is 64.4 Å². The van der Waals surface area contributed by atoms with Gasteiger partial charge in [-0.3, -0.25) is 4.79 Å². The second kappa shape index (κ2) is 8.24. The van der Waals surface area contributed by atoms with Crippen molar-refractivity contribution in [1.29, 1.82) is 0 Å². The molecule has 32 heavy (non-hydrogen) atoms. The Balaban J connectivity index is 1.86.